The zero-order valence-electron chi connectivity index (χ0n) is 16.2. The first kappa shape index (κ1) is 19.3. The number of ether oxygens (including phenoxy) is 1. The number of nitrogens with one attached hydrogen (secondary N) is 1. The average molecular weight is 399 g/mol. The number of carbonyl (C=O) groups excluding carboxylic acids is 1. The second-order valence-electron chi connectivity index (χ2n) is 6.52. The maximum atomic E-state index is 13.3. The highest BCUT2D eigenvalue weighted by Gasteiger charge is 2.13. The Bertz CT molecular complexity index is 1240. The summed E-state index contributed by atoms with van der Waals surface area (Å²) in [7, 11) is 1.57. The molecule has 0 saturated heterocycles. The number of hydrogen-bond donors (Lipinski definition) is 1. The van der Waals surface area contributed by atoms with Crippen LogP contribution >= 0.6 is 0 Å². The topological polar surface area (TPSA) is 63.6 Å². The molecule has 0 saturated carbocycles. The zero-order chi connectivity index (χ0) is 20.9. The number of para-hydroxylation sites is 2. The number of carbonyl (C=O) groups is 1. The molecule has 0 radical (unpaired) electrons. The number of hydrazone groups is 1. The highest BCUT2D eigenvalue weighted by Crippen LogP contribution is 2.25. The van der Waals surface area contributed by atoms with E-state index < -0.39 is 0 Å². The molecule has 4 rings (SSSR count). The van der Waals surface area contributed by atoms with Crippen LogP contribution < -0.4 is 10.2 Å². The standard InChI is InChI=1S/C24H18FN3O2/c1-30-23-9-5-2-6-17(23)15-26-28-24(29)20-14-22(16-10-12-18(25)13-11-16)27-21-8-4-3-7-19(20)21/h2-15H,1H3,(H,28,29)/b26-15+. The van der Waals surface area contributed by atoms with Gasteiger partial charge in [0.25, 0.3) is 5.91 Å². The largest absolute Gasteiger partial charge is 0.496 e. The lowest BCUT2D eigenvalue weighted by Gasteiger charge is -2.09. The molecule has 6 heteroatoms. The van der Waals surface area contributed by atoms with Gasteiger partial charge in [0.2, 0.25) is 0 Å². The van der Waals surface area contributed by atoms with E-state index in [9.17, 15) is 9.18 Å². The monoisotopic (exact) mass is 399 g/mol. The number of halogens is 1. The van der Waals surface area contributed by atoms with Gasteiger partial charge < -0.3 is 4.74 Å². The Hall–Kier alpha value is -4.06. The first-order chi connectivity index (χ1) is 14.7. The normalized spacial score (nSPS) is 11.0. The summed E-state index contributed by atoms with van der Waals surface area (Å²) in [5, 5.41) is 4.77. The number of aromatic nitrogens is 1. The number of fused-ring (bicyclic) bond motifs is 1. The Balaban J connectivity index is 1.67. The van der Waals surface area contributed by atoms with Crippen molar-refractivity contribution in [2.24, 2.45) is 5.10 Å². The van der Waals surface area contributed by atoms with Gasteiger partial charge in [-0.1, -0.05) is 30.3 Å². The van der Waals surface area contributed by atoms with Crippen LogP contribution in [-0.4, -0.2) is 24.2 Å². The molecule has 0 unspecified atom stereocenters. The second-order valence-corrected chi connectivity index (χ2v) is 6.52. The van der Waals surface area contributed by atoms with Gasteiger partial charge in [-0.25, -0.2) is 14.8 Å². The Morgan fingerprint density at radius 2 is 1.77 bits per heavy atom. The van der Waals surface area contributed by atoms with E-state index in [0.717, 1.165) is 5.56 Å². The fourth-order valence-corrected chi connectivity index (χ4v) is 3.13. The number of methoxy groups -OCH3 is 1. The van der Waals surface area contributed by atoms with E-state index in [4.69, 9.17) is 4.74 Å². The van der Waals surface area contributed by atoms with Crippen molar-refractivity contribution in [3.05, 3.63) is 95.8 Å². The van der Waals surface area contributed by atoms with Crippen molar-refractivity contribution in [3.63, 3.8) is 0 Å². The van der Waals surface area contributed by atoms with Crippen LogP contribution in [0.5, 0.6) is 5.75 Å². The van der Waals surface area contributed by atoms with Gasteiger partial charge in [0, 0.05) is 16.5 Å². The first-order valence-corrected chi connectivity index (χ1v) is 9.28. The van der Waals surface area contributed by atoms with E-state index in [1.54, 1.807) is 25.3 Å². The predicted molar refractivity (Wildman–Crippen MR) is 115 cm³/mol. The van der Waals surface area contributed by atoms with Crippen LogP contribution in [0.1, 0.15) is 15.9 Å². The summed E-state index contributed by atoms with van der Waals surface area (Å²) >= 11 is 0. The summed E-state index contributed by atoms with van der Waals surface area (Å²) in [6.07, 6.45) is 1.53. The van der Waals surface area contributed by atoms with Crippen molar-refractivity contribution in [1.29, 1.82) is 0 Å². The second kappa shape index (κ2) is 8.53. The zero-order valence-corrected chi connectivity index (χ0v) is 16.2. The third kappa shape index (κ3) is 4.03. The van der Waals surface area contributed by atoms with Crippen LogP contribution in [0.4, 0.5) is 4.39 Å². The van der Waals surface area contributed by atoms with Crippen LogP contribution in [0.15, 0.2) is 84.0 Å². The maximum Gasteiger partial charge on any atom is 0.272 e. The Morgan fingerprint density at radius 1 is 1.03 bits per heavy atom. The van der Waals surface area contributed by atoms with Crippen LogP contribution in [0.25, 0.3) is 22.2 Å². The van der Waals surface area contributed by atoms with E-state index in [1.165, 1.54) is 18.3 Å². The van der Waals surface area contributed by atoms with Crippen molar-refractivity contribution in [2.75, 3.05) is 7.11 Å². The maximum absolute atomic E-state index is 13.3. The molecule has 5 nitrogen and oxygen atoms in total. The lowest BCUT2D eigenvalue weighted by molar-refractivity contribution is 0.0956. The number of nitrogens with zero attached hydrogens (tertiary/aromatic N) is 2. The summed E-state index contributed by atoms with van der Waals surface area (Å²) < 4.78 is 18.6. The third-order valence-electron chi connectivity index (χ3n) is 4.61. The Morgan fingerprint density at radius 3 is 2.57 bits per heavy atom. The fraction of sp³-hybridized carbons (Fsp3) is 0.0417. The average Bonchev–Trinajstić information content (AvgIpc) is 2.79. The number of pyridine rings is 1. The van der Waals surface area contributed by atoms with Crippen molar-refractivity contribution in [1.82, 2.24) is 10.4 Å². The third-order valence-corrected chi connectivity index (χ3v) is 4.61. The molecule has 3 aromatic carbocycles. The molecule has 148 valence electrons. The number of rotatable bonds is 5. The number of benzene rings is 3. The van der Waals surface area contributed by atoms with Gasteiger partial charge in [-0.3, -0.25) is 4.79 Å². The molecule has 4 aromatic rings. The molecule has 0 fully saturated rings. The van der Waals surface area contributed by atoms with Gasteiger partial charge in [0.1, 0.15) is 11.6 Å². The van der Waals surface area contributed by atoms with Crippen molar-refractivity contribution in [3.8, 4) is 17.0 Å². The van der Waals surface area contributed by atoms with Crippen LogP contribution in [0, 0.1) is 5.82 Å². The van der Waals surface area contributed by atoms with Gasteiger partial charge in [0.05, 0.1) is 30.1 Å². The SMILES string of the molecule is COc1ccccc1/C=N/NC(=O)c1cc(-c2ccc(F)cc2)nc2ccccc12. The van der Waals surface area contributed by atoms with Crippen LogP contribution in [0.2, 0.25) is 0 Å². The van der Waals surface area contributed by atoms with Gasteiger partial charge in [-0.15, -0.1) is 0 Å². The molecule has 0 spiro atoms. The highest BCUT2D eigenvalue weighted by molar-refractivity contribution is 6.07. The Labute approximate surface area is 172 Å². The minimum absolute atomic E-state index is 0.330. The minimum Gasteiger partial charge on any atom is -0.496 e. The minimum atomic E-state index is -0.372. The number of amides is 1. The molecule has 30 heavy (non-hydrogen) atoms. The molecular formula is C24H18FN3O2. The fourth-order valence-electron chi connectivity index (χ4n) is 3.13. The predicted octanol–water partition coefficient (Wildman–Crippen LogP) is 4.81. The molecule has 1 heterocycles. The Kier molecular flexibility index (Phi) is 5.48. The summed E-state index contributed by atoms with van der Waals surface area (Å²) in [6.45, 7) is 0. The molecular weight excluding hydrogens is 381 g/mol. The highest BCUT2D eigenvalue weighted by atomic mass is 19.1. The van der Waals surface area contributed by atoms with Crippen molar-refractivity contribution >= 4 is 23.0 Å². The van der Waals surface area contributed by atoms with Gasteiger partial charge in [-0.05, 0) is 48.5 Å². The van der Waals surface area contributed by atoms with E-state index in [2.05, 4.69) is 15.5 Å². The molecule has 0 bridgehead atoms. The van der Waals surface area contributed by atoms with E-state index in [0.29, 0.717) is 33.5 Å². The smallest absolute Gasteiger partial charge is 0.272 e. The van der Waals surface area contributed by atoms with Gasteiger partial charge in [0.15, 0.2) is 0 Å². The van der Waals surface area contributed by atoms with Crippen LogP contribution in [-0.2, 0) is 0 Å². The molecule has 0 atom stereocenters. The molecule has 0 aliphatic carbocycles. The quantitative estimate of drug-likeness (QED) is 0.387. The lowest BCUT2D eigenvalue weighted by Crippen LogP contribution is -2.18. The van der Waals surface area contributed by atoms with Gasteiger partial charge >= 0.3 is 0 Å². The van der Waals surface area contributed by atoms with Crippen molar-refractivity contribution in [2.45, 2.75) is 0 Å². The summed E-state index contributed by atoms with van der Waals surface area (Å²) in [4.78, 5) is 17.5. The molecule has 1 N–H and O–H groups in total. The molecule has 0 aliphatic rings. The van der Waals surface area contributed by atoms with E-state index in [-0.39, 0.29) is 11.7 Å². The summed E-state index contributed by atoms with van der Waals surface area (Å²) in [6, 6.07) is 22.4. The molecule has 1 aromatic heterocycles. The van der Waals surface area contributed by atoms with Crippen molar-refractivity contribution < 1.29 is 13.9 Å². The van der Waals surface area contributed by atoms with Gasteiger partial charge in [-0.2, -0.15) is 5.10 Å². The summed E-state index contributed by atoms with van der Waals surface area (Å²) in [5.74, 6) is -0.0465. The first-order valence-electron chi connectivity index (χ1n) is 9.28. The molecule has 0 aliphatic heterocycles. The van der Waals surface area contributed by atoms with E-state index >= 15 is 0 Å². The summed E-state index contributed by atoms with van der Waals surface area (Å²) in [5.41, 5.74) is 5.69. The molecule has 1 amide bonds. The lowest BCUT2D eigenvalue weighted by atomic mass is 10.0. The van der Waals surface area contributed by atoms with Crippen LogP contribution in [0.3, 0.4) is 0 Å². The number of hydrogen-bond acceptors (Lipinski definition) is 4. The van der Waals surface area contributed by atoms with E-state index in [1.807, 2.05) is 48.5 Å².